The number of carbonyl (C=O) groups is 4. The van der Waals surface area contributed by atoms with Gasteiger partial charge in [0.1, 0.15) is 6.61 Å². The predicted octanol–water partition coefficient (Wildman–Crippen LogP) is 2.06. The molecule has 0 bridgehead atoms. The second-order valence-corrected chi connectivity index (χ2v) is 5.65. The molecular weight excluding hydrogens is 352 g/mol. The van der Waals surface area contributed by atoms with E-state index >= 15 is 0 Å². The van der Waals surface area contributed by atoms with Crippen molar-refractivity contribution in [2.75, 3.05) is 6.54 Å². The highest BCUT2D eigenvalue weighted by atomic mass is 16.7. The fraction of sp³-hybridized carbons (Fsp3) is 0.158. The molecule has 0 atom stereocenters. The van der Waals surface area contributed by atoms with E-state index in [1.54, 1.807) is 12.1 Å². The summed E-state index contributed by atoms with van der Waals surface area (Å²) in [6, 6.07) is 15.3. The maximum atomic E-state index is 12.1. The number of hydrogen-bond acceptors (Lipinski definition) is 6. The molecule has 2 aromatic rings. The van der Waals surface area contributed by atoms with Gasteiger partial charge in [0.2, 0.25) is 0 Å². The number of ether oxygens (including phenoxy) is 1. The van der Waals surface area contributed by atoms with E-state index in [0.717, 1.165) is 5.56 Å². The van der Waals surface area contributed by atoms with Crippen molar-refractivity contribution in [3.63, 3.8) is 0 Å². The molecular formula is C19H16N2O6. The third kappa shape index (κ3) is 4.30. The molecule has 27 heavy (non-hydrogen) atoms. The van der Waals surface area contributed by atoms with Crippen molar-refractivity contribution in [1.29, 1.82) is 0 Å². The van der Waals surface area contributed by atoms with E-state index in [1.165, 1.54) is 12.1 Å². The lowest BCUT2D eigenvalue weighted by Crippen LogP contribution is -2.34. The molecule has 0 unspecified atom stereocenters. The zero-order valence-corrected chi connectivity index (χ0v) is 14.2. The summed E-state index contributed by atoms with van der Waals surface area (Å²) in [6.07, 6.45) is -0.916. The molecule has 8 nitrogen and oxygen atoms in total. The van der Waals surface area contributed by atoms with Crippen LogP contribution in [0.3, 0.4) is 0 Å². The summed E-state index contributed by atoms with van der Waals surface area (Å²) in [5.41, 5.74) is 1.19. The van der Waals surface area contributed by atoms with Crippen LogP contribution in [0.15, 0.2) is 54.6 Å². The average molecular weight is 368 g/mol. The normalized spacial score (nSPS) is 12.5. The van der Waals surface area contributed by atoms with E-state index in [1.807, 2.05) is 30.3 Å². The first kappa shape index (κ1) is 18.1. The molecule has 0 aromatic heterocycles. The first-order valence-electron chi connectivity index (χ1n) is 8.19. The van der Waals surface area contributed by atoms with Gasteiger partial charge in [-0.05, 0) is 17.7 Å². The maximum Gasteiger partial charge on any atom is 0.407 e. The molecule has 0 radical (unpaired) electrons. The number of rotatable bonds is 6. The van der Waals surface area contributed by atoms with E-state index in [9.17, 15) is 19.2 Å². The van der Waals surface area contributed by atoms with Crippen LogP contribution in [0.5, 0.6) is 0 Å². The number of fused-ring (bicyclic) bond motifs is 1. The molecule has 0 spiro atoms. The molecule has 0 fully saturated rings. The SMILES string of the molecule is O=C(CCNC(=O)OCc1ccccc1)ON1C(=O)c2ccccc2C1=O. The number of nitrogens with zero attached hydrogens (tertiary/aromatic N) is 1. The fourth-order valence-electron chi connectivity index (χ4n) is 2.44. The minimum atomic E-state index is -0.826. The Kier molecular flexibility index (Phi) is 5.46. The van der Waals surface area contributed by atoms with Crippen LogP contribution in [-0.4, -0.2) is 35.5 Å². The first-order chi connectivity index (χ1) is 13.1. The molecule has 138 valence electrons. The molecule has 1 aliphatic rings. The standard InChI is InChI=1S/C19H16N2O6/c22-16(10-11-20-19(25)26-12-13-6-2-1-3-7-13)27-21-17(23)14-8-4-5-9-15(14)18(21)24/h1-9H,10-12H2,(H,20,25). The molecule has 2 aromatic carbocycles. The number of nitrogens with one attached hydrogen (secondary N) is 1. The highest BCUT2D eigenvalue weighted by molar-refractivity contribution is 6.20. The van der Waals surface area contributed by atoms with Gasteiger partial charge in [-0.25, -0.2) is 9.59 Å². The van der Waals surface area contributed by atoms with Crippen LogP contribution < -0.4 is 5.32 Å². The van der Waals surface area contributed by atoms with Gasteiger partial charge in [-0.3, -0.25) is 9.59 Å². The Balaban J connectivity index is 1.41. The Labute approximate surface area is 154 Å². The van der Waals surface area contributed by atoms with Crippen LogP contribution in [0.4, 0.5) is 4.79 Å². The van der Waals surface area contributed by atoms with Crippen LogP contribution in [0.25, 0.3) is 0 Å². The van der Waals surface area contributed by atoms with Gasteiger partial charge in [0.25, 0.3) is 11.8 Å². The molecule has 8 heteroatoms. The van der Waals surface area contributed by atoms with Crippen LogP contribution in [-0.2, 0) is 21.0 Å². The lowest BCUT2D eigenvalue weighted by Gasteiger charge is -2.12. The van der Waals surface area contributed by atoms with Gasteiger partial charge in [-0.1, -0.05) is 47.5 Å². The van der Waals surface area contributed by atoms with Crippen molar-refractivity contribution >= 4 is 23.9 Å². The predicted molar refractivity (Wildman–Crippen MR) is 92.3 cm³/mol. The van der Waals surface area contributed by atoms with Gasteiger partial charge in [0.05, 0.1) is 17.5 Å². The van der Waals surface area contributed by atoms with Gasteiger partial charge >= 0.3 is 12.1 Å². The second-order valence-electron chi connectivity index (χ2n) is 5.65. The molecule has 0 saturated heterocycles. The molecule has 1 N–H and O–H groups in total. The molecule has 0 saturated carbocycles. The molecule has 3 rings (SSSR count). The van der Waals surface area contributed by atoms with E-state index in [2.05, 4.69) is 5.32 Å². The number of imide groups is 1. The number of benzene rings is 2. The topological polar surface area (TPSA) is 102 Å². The summed E-state index contributed by atoms with van der Waals surface area (Å²) in [6.45, 7) is 0.0434. The van der Waals surface area contributed by atoms with E-state index < -0.39 is 23.9 Å². The maximum absolute atomic E-state index is 12.1. The van der Waals surface area contributed by atoms with Gasteiger partial charge < -0.3 is 14.9 Å². The summed E-state index contributed by atoms with van der Waals surface area (Å²) in [7, 11) is 0. The average Bonchev–Trinajstić information content (AvgIpc) is 2.92. The van der Waals surface area contributed by atoms with Crippen molar-refractivity contribution in [3.05, 3.63) is 71.3 Å². The van der Waals surface area contributed by atoms with Gasteiger partial charge in [0, 0.05) is 6.54 Å². The Morgan fingerprint density at radius 3 is 2.11 bits per heavy atom. The number of amides is 3. The zero-order chi connectivity index (χ0) is 19.2. The highest BCUT2D eigenvalue weighted by Gasteiger charge is 2.38. The van der Waals surface area contributed by atoms with Crippen LogP contribution in [0.2, 0.25) is 0 Å². The van der Waals surface area contributed by atoms with Crippen LogP contribution in [0.1, 0.15) is 32.7 Å². The largest absolute Gasteiger partial charge is 0.445 e. The molecule has 1 heterocycles. The van der Waals surface area contributed by atoms with Crippen molar-refractivity contribution in [2.24, 2.45) is 0 Å². The van der Waals surface area contributed by atoms with Gasteiger partial charge in [-0.2, -0.15) is 0 Å². The van der Waals surface area contributed by atoms with Crippen LogP contribution >= 0.6 is 0 Å². The van der Waals surface area contributed by atoms with E-state index in [-0.39, 0.29) is 30.7 Å². The fourth-order valence-corrected chi connectivity index (χ4v) is 2.44. The van der Waals surface area contributed by atoms with E-state index in [4.69, 9.17) is 9.57 Å². The number of hydroxylamine groups is 2. The lowest BCUT2D eigenvalue weighted by molar-refractivity contribution is -0.168. The minimum Gasteiger partial charge on any atom is -0.445 e. The van der Waals surface area contributed by atoms with Crippen molar-refractivity contribution in [2.45, 2.75) is 13.0 Å². The summed E-state index contributed by atoms with van der Waals surface area (Å²) >= 11 is 0. The Morgan fingerprint density at radius 1 is 0.889 bits per heavy atom. The smallest absolute Gasteiger partial charge is 0.407 e. The Morgan fingerprint density at radius 2 is 1.48 bits per heavy atom. The quantitative estimate of drug-likeness (QED) is 0.783. The number of hydrogen-bond donors (Lipinski definition) is 1. The Bertz CT molecular complexity index is 846. The van der Waals surface area contributed by atoms with Gasteiger partial charge in [0.15, 0.2) is 0 Å². The van der Waals surface area contributed by atoms with Crippen molar-refractivity contribution in [1.82, 2.24) is 10.4 Å². The zero-order valence-electron chi connectivity index (χ0n) is 14.2. The molecule has 0 aliphatic carbocycles. The molecule has 1 aliphatic heterocycles. The lowest BCUT2D eigenvalue weighted by atomic mass is 10.1. The number of carbonyl (C=O) groups excluding carboxylic acids is 4. The summed E-state index contributed by atoms with van der Waals surface area (Å²) in [5, 5.41) is 2.83. The third-order valence-corrected chi connectivity index (χ3v) is 3.76. The highest BCUT2D eigenvalue weighted by Crippen LogP contribution is 2.22. The van der Waals surface area contributed by atoms with Gasteiger partial charge in [-0.15, -0.1) is 0 Å². The summed E-state index contributed by atoms with van der Waals surface area (Å²) < 4.78 is 5.00. The Hall–Kier alpha value is -3.68. The van der Waals surface area contributed by atoms with Crippen molar-refractivity contribution < 1.29 is 28.8 Å². The third-order valence-electron chi connectivity index (χ3n) is 3.76. The first-order valence-corrected chi connectivity index (χ1v) is 8.19. The minimum absolute atomic E-state index is 0.0599. The molecule has 3 amide bonds. The van der Waals surface area contributed by atoms with Crippen LogP contribution in [0, 0.1) is 0 Å². The monoisotopic (exact) mass is 368 g/mol. The second kappa shape index (κ2) is 8.13. The van der Waals surface area contributed by atoms with Crippen molar-refractivity contribution in [3.8, 4) is 0 Å². The summed E-state index contributed by atoms with van der Waals surface area (Å²) in [4.78, 5) is 52.4. The summed E-state index contributed by atoms with van der Waals surface area (Å²) in [5.74, 6) is -2.22. The number of alkyl carbamates (subject to hydrolysis) is 1. The van der Waals surface area contributed by atoms with E-state index in [0.29, 0.717) is 5.06 Å².